The average Bonchev–Trinajstić information content (AvgIpc) is 3.07. The minimum absolute atomic E-state index is 1.01. The fraction of sp³-hybridized carbons (Fsp3) is 0.353. The molecular formula is C17H21N3S. The first-order chi connectivity index (χ1) is 10.3. The van der Waals surface area contributed by atoms with Crippen molar-refractivity contribution in [1.82, 2.24) is 4.90 Å². The molecule has 110 valence electrons. The summed E-state index contributed by atoms with van der Waals surface area (Å²) in [7, 11) is 0. The molecule has 0 N–H and O–H groups in total. The minimum atomic E-state index is 1.01. The highest BCUT2D eigenvalue weighted by Gasteiger charge is 2.15. The molecule has 21 heavy (non-hydrogen) atoms. The van der Waals surface area contributed by atoms with E-state index in [9.17, 15) is 0 Å². The van der Waals surface area contributed by atoms with Gasteiger partial charge in [0.2, 0.25) is 0 Å². The molecule has 0 unspecified atom stereocenters. The number of rotatable bonds is 4. The van der Waals surface area contributed by atoms with Gasteiger partial charge in [0.15, 0.2) is 0 Å². The molecule has 3 nitrogen and oxygen atoms in total. The van der Waals surface area contributed by atoms with Crippen molar-refractivity contribution in [3.05, 3.63) is 46.7 Å². The lowest BCUT2D eigenvalue weighted by molar-refractivity contribution is 0.271. The largest absolute Gasteiger partial charge is 0.369 e. The maximum atomic E-state index is 4.52. The standard InChI is InChI=1S/C17H21N3S/c1-2-19-9-11-20(12-10-19)16-7-5-15(6-8-16)18-14-17-4-3-13-21-17/h3-8,13-14H,2,9-12H2,1H3. The Morgan fingerprint density at radius 1 is 1.10 bits per heavy atom. The van der Waals surface area contributed by atoms with Gasteiger partial charge in [0.1, 0.15) is 0 Å². The lowest BCUT2D eigenvalue weighted by atomic mass is 10.2. The molecule has 0 aliphatic carbocycles. The average molecular weight is 299 g/mol. The number of piperazine rings is 1. The van der Waals surface area contributed by atoms with Crippen LogP contribution in [0.5, 0.6) is 0 Å². The Balaban J connectivity index is 1.62. The van der Waals surface area contributed by atoms with Gasteiger partial charge >= 0.3 is 0 Å². The summed E-state index contributed by atoms with van der Waals surface area (Å²) in [6.07, 6.45) is 1.93. The first-order valence-electron chi connectivity index (χ1n) is 7.50. The Hall–Kier alpha value is -1.65. The molecule has 0 atom stereocenters. The normalized spacial score (nSPS) is 16.7. The molecule has 4 heteroatoms. The number of likely N-dealkylation sites (N-methyl/N-ethyl adjacent to an activating group) is 1. The van der Waals surface area contributed by atoms with E-state index in [1.165, 1.54) is 10.6 Å². The van der Waals surface area contributed by atoms with Gasteiger partial charge in [-0.2, -0.15) is 0 Å². The summed E-state index contributed by atoms with van der Waals surface area (Å²) in [5, 5.41) is 2.07. The van der Waals surface area contributed by atoms with Crippen LogP contribution in [0.2, 0.25) is 0 Å². The number of anilines is 1. The fourth-order valence-corrected chi connectivity index (χ4v) is 3.16. The van der Waals surface area contributed by atoms with Crippen molar-refractivity contribution < 1.29 is 0 Å². The van der Waals surface area contributed by atoms with Crippen LogP contribution in [0.4, 0.5) is 11.4 Å². The van der Waals surface area contributed by atoms with Crippen LogP contribution in [0, 0.1) is 0 Å². The zero-order chi connectivity index (χ0) is 14.5. The molecule has 3 rings (SSSR count). The van der Waals surface area contributed by atoms with Crippen molar-refractivity contribution in [3.63, 3.8) is 0 Å². The highest BCUT2D eigenvalue weighted by molar-refractivity contribution is 7.11. The molecule has 0 spiro atoms. The van der Waals surface area contributed by atoms with E-state index in [2.05, 4.69) is 57.4 Å². The predicted octanol–water partition coefficient (Wildman–Crippen LogP) is 3.64. The lowest BCUT2D eigenvalue weighted by Gasteiger charge is -2.35. The molecule has 1 aromatic carbocycles. The van der Waals surface area contributed by atoms with Crippen LogP contribution in [-0.4, -0.2) is 43.8 Å². The summed E-state index contributed by atoms with van der Waals surface area (Å²) in [6, 6.07) is 12.7. The van der Waals surface area contributed by atoms with Crippen LogP contribution >= 0.6 is 11.3 Å². The van der Waals surface area contributed by atoms with E-state index in [0.29, 0.717) is 0 Å². The molecule has 1 aromatic heterocycles. The van der Waals surface area contributed by atoms with Gasteiger partial charge in [-0.1, -0.05) is 13.0 Å². The third kappa shape index (κ3) is 3.71. The highest BCUT2D eigenvalue weighted by Crippen LogP contribution is 2.21. The van der Waals surface area contributed by atoms with E-state index >= 15 is 0 Å². The smallest absolute Gasteiger partial charge is 0.0631 e. The number of hydrogen-bond acceptors (Lipinski definition) is 4. The van der Waals surface area contributed by atoms with Crippen molar-refractivity contribution in [2.24, 2.45) is 4.99 Å². The van der Waals surface area contributed by atoms with Crippen LogP contribution < -0.4 is 4.90 Å². The predicted molar refractivity (Wildman–Crippen MR) is 92.3 cm³/mol. The highest BCUT2D eigenvalue weighted by atomic mass is 32.1. The van der Waals surface area contributed by atoms with E-state index in [-0.39, 0.29) is 0 Å². The third-order valence-electron chi connectivity index (χ3n) is 3.92. The topological polar surface area (TPSA) is 18.8 Å². The van der Waals surface area contributed by atoms with E-state index in [4.69, 9.17) is 0 Å². The number of thiophene rings is 1. The molecule has 2 heterocycles. The van der Waals surface area contributed by atoms with Crippen LogP contribution in [-0.2, 0) is 0 Å². The van der Waals surface area contributed by atoms with Crippen molar-refractivity contribution in [1.29, 1.82) is 0 Å². The molecule has 2 aromatic rings. The van der Waals surface area contributed by atoms with Crippen LogP contribution in [0.15, 0.2) is 46.8 Å². The van der Waals surface area contributed by atoms with E-state index in [1.54, 1.807) is 11.3 Å². The van der Waals surface area contributed by atoms with Gasteiger partial charge in [-0.25, -0.2) is 0 Å². The molecule has 0 bridgehead atoms. The molecule has 1 aliphatic rings. The van der Waals surface area contributed by atoms with E-state index in [1.807, 2.05) is 12.3 Å². The second-order valence-corrected chi connectivity index (χ2v) is 6.19. The van der Waals surface area contributed by atoms with E-state index in [0.717, 1.165) is 38.4 Å². The zero-order valence-electron chi connectivity index (χ0n) is 12.4. The molecule has 1 saturated heterocycles. The third-order valence-corrected chi connectivity index (χ3v) is 4.73. The maximum absolute atomic E-state index is 4.52. The monoisotopic (exact) mass is 299 g/mol. The van der Waals surface area contributed by atoms with Gasteiger partial charge in [0.05, 0.1) is 5.69 Å². The second-order valence-electron chi connectivity index (χ2n) is 5.21. The Morgan fingerprint density at radius 2 is 1.86 bits per heavy atom. The van der Waals surface area contributed by atoms with Gasteiger partial charge in [0, 0.05) is 43.0 Å². The van der Waals surface area contributed by atoms with Crippen LogP contribution in [0.1, 0.15) is 11.8 Å². The summed E-state index contributed by atoms with van der Waals surface area (Å²) in [5.41, 5.74) is 2.32. The fourth-order valence-electron chi connectivity index (χ4n) is 2.57. The first kappa shape index (κ1) is 14.3. The number of hydrogen-bond donors (Lipinski definition) is 0. The molecule has 0 radical (unpaired) electrons. The van der Waals surface area contributed by atoms with Gasteiger partial charge in [-0.05, 0) is 42.3 Å². The van der Waals surface area contributed by atoms with Crippen LogP contribution in [0.3, 0.4) is 0 Å². The molecule has 0 amide bonds. The Kier molecular flexibility index (Phi) is 4.68. The van der Waals surface area contributed by atoms with E-state index < -0.39 is 0 Å². The van der Waals surface area contributed by atoms with Gasteiger partial charge in [0.25, 0.3) is 0 Å². The second kappa shape index (κ2) is 6.87. The maximum Gasteiger partial charge on any atom is 0.0631 e. The summed E-state index contributed by atoms with van der Waals surface area (Å²) < 4.78 is 0. The summed E-state index contributed by atoms with van der Waals surface area (Å²) in [5.74, 6) is 0. The van der Waals surface area contributed by atoms with Crippen molar-refractivity contribution >= 4 is 28.9 Å². The number of nitrogens with zero attached hydrogens (tertiary/aromatic N) is 3. The van der Waals surface area contributed by atoms with Crippen molar-refractivity contribution in [2.75, 3.05) is 37.6 Å². The zero-order valence-corrected chi connectivity index (χ0v) is 13.2. The van der Waals surface area contributed by atoms with Gasteiger partial charge in [-0.15, -0.1) is 11.3 Å². The quantitative estimate of drug-likeness (QED) is 0.803. The first-order valence-corrected chi connectivity index (χ1v) is 8.38. The summed E-state index contributed by atoms with van der Waals surface area (Å²) in [6.45, 7) is 7.95. The summed E-state index contributed by atoms with van der Waals surface area (Å²) in [4.78, 5) is 10.7. The summed E-state index contributed by atoms with van der Waals surface area (Å²) >= 11 is 1.71. The number of aliphatic imine (C=N–C) groups is 1. The van der Waals surface area contributed by atoms with Gasteiger partial charge in [-0.3, -0.25) is 4.99 Å². The van der Waals surface area contributed by atoms with Crippen molar-refractivity contribution in [3.8, 4) is 0 Å². The Morgan fingerprint density at radius 3 is 2.48 bits per heavy atom. The molecule has 1 fully saturated rings. The Labute approximate surface area is 130 Å². The van der Waals surface area contributed by atoms with Crippen molar-refractivity contribution in [2.45, 2.75) is 6.92 Å². The van der Waals surface area contributed by atoms with Gasteiger partial charge < -0.3 is 9.80 Å². The Bertz CT molecular complexity index is 567. The molecular weight excluding hydrogens is 278 g/mol. The minimum Gasteiger partial charge on any atom is -0.369 e. The SMILES string of the molecule is CCN1CCN(c2ccc(N=Cc3cccs3)cc2)CC1. The molecule has 0 saturated carbocycles. The van der Waals surface area contributed by atoms with Crippen LogP contribution in [0.25, 0.3) is 0 Å². The lowest BCUT2D eigenvalue weighted by Crippen LogP contribution is -2.46. The number of benzene rings is 1. The molecule has 1 aliphatic heterocycles.